The van der Waals surface area contributed by atoms with Crippen molar-refractivity contribution in [3.05, 3.63) is 48.6 Å². The van der Waals surface area contributed by atoms with Crippen molar-refractivity contribution in [2.24, 2.45) is 0 Å². The van der Waals surface area contributed by atoms with Gasteiger partial charge in [0.15, 0.2) is 0 Å². The van der Waals surface area contributed by atoms with Crippen LogP contribution in [0.1, 0.15) is 51.4 Å². The van der Waals surface area contributed by atoms with Crippen molar-refractivity contribution in [2.45, 2.75) is 51.4 Å². The van der Waals surface area contributed by atoms with Gasteiger partial charge in [-0.2, -0.15) is 0 Å². The second-order valence-electron chi connectivity index (χ2n) is 4.24. The van der Waals surface area contributed by atoms with Crippen LogP contribution in [-0.2, 0) is 15.7 Å². The van der Waals surface area contributed by atoms with Crippen molar-refractivity contribution in [1.82, 2.24) is 0 Å². The van der Waals surface area contributed by atoms with E-state index in [4.69, 9.17) is 19.2 Å². The van der Waals surface area contributed by atoms with Gasteiger partial charge in [-0.15, -0.1) is 0 Å². The average Bonchev–Trinajstić information content (AvgIpc) is 2.28. The standard InChI is InChI=1S/2C8H12.2ClH.Ir/c2*1-2-4-6-8-7-5-3-1;;;/h2*1-2,7-8H,3-6H2;2*1H;/q;;;;+1/p-2. The number of allylic oxidation sites excluding steroid dienone is 8. The molecule has 19 heavy (non-hydrogen) atoms. The van der Waals surface area contributed by atoms with Gasteiger partial charge in [0.05, 0.1) is 0 Å². The third-order valence-corrected chi connectivity index (χ3v) is 2.67. The SMILES string of the molecule is C1=CCCC=CCC1.C1=CCCC=CCC1.[Cl][Ir-][Cl]. The fraction of sp³-hybridized carbons (Fsp3) is 0.500. The van der Waals surface area contributed by atoms with E-state index in [1.165, 1.54) is 51.4 Å². The number of halogens is 2. The Labute approximate surface area is 134 Å². The van der Waals surface area contributed by atoms with Gasteiger partial charge < -0.3 is 0 Å². The second kappa shape index (κ2) is 18.2. The minimum absolute atomic E-state index is 0.556. The van der Waals surface area contributed by atoms with E-state index in [0.717, 1.165) is 0 Å². The van der Waals surface area contributed by atoms with Gasteiger partial charge in [-0.1, -0.05) is 48.6 Å². The predicted octanol–water partition coefficient (Wildman–Crippen LogP) is 6.72. The Hall–Kier alpha value is 0.189. The molecule has 0 amide bonds. The fourth-order valence-electron chi connectivity index (χ4n) is 1.71. The molecule has 2 rings (SSSR count). The van der Waals surface area contributed by atoms with E-state index in [-0.39, 0.29) is 0 Å². The van der Waals surface area contributed by atoms with Crippen molar-refractivity contribution in [2.75, 3.05) is 0 Å². The van der Waals surface area contributed by atoms with Gasteiger partial charge in [-0.05, 0) is 51.4 Å². The van der Waals surface area contributed by atoms with Crippen LogP contribution in [0.3, 0.4) is 0 Å². The summed E-state index contributed by atoms with van der Waals surface area (Å²) >= 11 is -0.556. The maximum absolute atomic E-state index is 4.89. The van der Waals surface area contributed by atoms with Crippen LogP contribution in [0.15, 0.2) is 48.6 Å². The first-order chi connectivity index (χ1) is 9.41. The van der Waals surface area contributed by atoms with Gasteiger partial charge in [-0.3, -0.25) is 0 Å². The Morgan fingerprint density at radius 3 is 0.632 bits per heavy atom. The van der Waals surface area contributed by atoms with Gasteiger partial charge in [0.1, 0.15) is 0 Å². The molecule has 0 bridgehead atoms. The number of hydrogen-bond acceptors (Lipinski definition) is 0. The first kappa shape index (κ1) is 19.2. The van der Waals surface area contributed by atoms with Gasteiger partial charge in [0.25, 0.3) is 0 Å². The molecule has 0 saturated carbocycles. The summed E-state index contributed by atoms with van der Waals surface area (Å²) in [6.07, 6.45) is 28.0. The van der Waals surface area contributed by atoms with E-state index in [2.05, 4.69) is 48.6 Å². The van der Waals surface area contributed by atoms with Crippen molar-refractivity contribution in [3.63, 3.8) is 0 Å². The van der Waals surface area contributed by atoms with Crippen LogP contribution in [0, 0.1) is 0 Å². The molecule has 0 saturated heterocycles. The van der Waals surface area contributed by atoms with Crippen LogP contribution in [0.25, 0.3) is 0 Å². The molecule has 0 spiro atoms. The Morgan fingerprint density at radius 2 is 0.526 bits per heavy atom. The summed E-state index contributed by atoms with van der Waals surface area (Å²) in [6, 6.07) is 0. The van der Waals surface area contributed by atoms with Crippen LogP contribution >= 0.6 is 19.2 Å². The number of rotatable bonds is 0. The Morgan fingerprint density at radius 1 is 0.421 bits per heavy atom. The van der Waals surface area contributed by atoms with Crippen molar-refractivity contribution in [3.8, 4) is 0 Å². The fourth-order valence-corrected chi connectivity index (χ4v) is 1.71. The zero-order valence-corrected chi connectivity index (χ0v) is 15.3. The van der Waals surface area contributed by atoms with E-state index in [9.17, 15) is 0 Å². The molecule has 0 N–H and O–H groups in total. The quantitative estimate of drug-likeness (QED) is 0.338. The third kappa shape index (κ3) is 18.2. The third-order valence-electron chi connectivity index (χ3n) is 2.67. The van der Waals surface area contributed by atoms with Crippen molar-refractivity contribution >= 4 is 19.2 Å². The second-order valence-corrected chi connectivity index (χ2v) is 7.70. The number of hydrogen-bond donors (Lipinski definition) is 0. The predicted molar refractivity (Wildman–Crippen MR) is 85.2 cm³/mol. The summed E-state index contributed by atoms with van der Waals surface area (Å²) in [4.78, 5) is 0. The molecule has 0 unspecified atom stereocenters. The summed E-state index contributed by atoms with van der Waals surface area (Å²) < 4.78 is 0. The first-order valence-electron chi connectivity index (χ1n) is 6.85. The van der Waals surface area contributed by atoms with Gasteiger partial charge in [0.2, 0.25) is 0 Å². The zero-order valence-electron chi connectivity index (χ0n) is 11.4. The molecule has 0 nitrogen and oxygen atoms in total. The summed E-state index contributed by atoms with van der Waals surface area (Å²) in [6.45, 7) is 0. The summed E-state index contributed by atoms with van der Waals surface area (Å²) in [5.74, 6) is 0. The molecule has 0 fully saturated rings. The molecule has 112 valence electrons. The molecular formula is C16H24Cl2Ir-. The monoisotopic (exact) mass is 479 g/mol. The molecule has 0 aromatic rings. The summed E-state index contributed by atoms with van der Waals surface area (Å²) in [5, 5.41) is 0. The summed E-state index contributed by atoms with van der Waals surface area (Å²) in [7, 11) is 9.78. The minimum atomic E-state index is -0.556. The average molecular weight is 479 g/mol. The molecule has 0 aliphatic heterocycles. The maximum atomic E-state index is 4.89. The van der Waals surface area contributed by atoms with E-state index in [0.29, 0.717) is 0 Å². The van der Waals surface area contributed by atoms with Crippen LogP contribution in [0.5, 0.6) is 0 Å². The first-order valence-corrected chi connectivity index (χ1v) is 12.8. The van der Waals surface area contributed by atoms with E-state index in [1.54, 1.807) is 0 Å². The summed E-state index contributed by atoms with van der Waals surface area (Å²) in [5.41, 5.74) is 0. The Kier molecular flexibility index (Phi) is 18.4. The molecule has 0 radical (unpaired) electrons. The molecule has 2 aliphatic rings. The van der Waals surface area contributed by atoms with Crippen LogP contribution in [0.2, 0.25) is 0 Å². The molecule has 0 heterocycles. The van der Waals surface area contributed by atoms with Gasteiger partial charge in [0, 0.05) is 0 Å². The molecule has 0 aromatic carbocycles. The topological polar surface area (TPSA) is 0 Å². The van der Waals surface area contributed by atoms with Crippen LogP contribution in [0.4, 0.5) is 0 Å². The molecule has 0 atom stereocenters. The molecule has 0 aromatic heterocycles. The molecule has 2 aliphatic carbocycles. The van der Waals surface area contributed by atoms with Crippen molar-refractivity contribution in [1.29, 1.82) is 0 Å². The zero-order chi connectivity index (χ0) is 14.0. The van der Waals surface area contributed by atoms with Gasteiger partial charge >= 0.3 is 34.8 Å². The molecule has 3 heteroatoms. The van der Waals surface area contributed by atoms with Crippen molar-refractivity contribution < 1.29 is 15.7 Å². The van der Waals surface area contributed by atoms with E-state index < -0.39 is 15.7 Å². The molecular weight excluding hydrogens is 455 g/mol. The Bertz CT molecular complexity index is 200. The Balaban J connectivity index is 0.000000284. The van der Waals surface area contributed by atoms with E-state index >= 15 is 0 Å². The normalized spacial score (nSPS) is 18.0. The van der Waals surface area contributed by atoms with Gasteiger partial charge in [-0.25, -0.2) is 0 Å². The van der Waals surface area contributed by atoms with Crippen LogP contribution < -0.4 is 0 Å². The van der Waals surface area contributed by atoms with E-state index in [1.807, 2.05) is 0 Å². The van der Waals surface area contributed by atoms with Crippen LogP contribution in [-0.4, -0.2) is 0 Å².